The summed E-state index contributed by atoms with van der Waals surface area (Å²) in [4.78, 5) is 38.6. The molecule has 0 saturated carbocycles. The number of carbonyl (C=O) groups excluding carboxylic acids is 2. The first-order valence-electron chi connectivity index (χ1n) is 8.46. The van der Waals surface area contributed by atoms with E-state index in [4.69, 9.17) is 9.47 Å². The van der Waals surface area contributed by atoms with E-state index in [2.05, 4.69) is 5.32 Å². The molecule has 148 valence electrons. The van der Waals surface area contributed by atoms with Crippen LogP contribution in [0.15, 0.2) is 18.2 Å². The van der Waals surface area contributed by atoms with Crippen molar-refractivity contribution in [1.29, 1.82) is 0 Å². The van der Waals surface area contributed by atoms with Gasteiger partial charge in [0.1, 0.15) is 0 Å². The highest BCUT2D eigenvalue weighted by Crippen LogP contribution is 2.41. The van der Waals surface area contributed by atoms with Crippen LogP contribution in [0.25, 0.3) is 0 Å². The van der Waals surface area contributed by atoms with E-state index in [1.807, 2.05) is 0 Å². The quantitative estimate of drug-likeness (QED) is 0.749. The minimum atomic E-state index is -0.988. The lowest BCUT2D eigenvalue weighted by Gasteiger charge is -2.20. The second-order valence-corrected chi connectivity index (χ2v) is 6.49. The average molecular weight is 379 g/mol. The number of hydrogen-bond acceptors (Lipinski definition) is 5. The van der Waals surface area contributed by atoms with Crippen LogP contribution in [0, 0.1) is 5.92 Å². The van der Waals surface area contributed by atoms with E-state index < -0.39 is 17.8 Å². The van der Waals surface area contributed by atoms with Gasteiger partial charge in [0, 0.05) is 38.7 Å². The predicted octanol–water partition coefficient (Wildman–Crippen LogP) is 0.602. The molecule has 1 saturated heterocycles. The first-order chi connectivity index (χ1) is 12.8. The third kappa shape index (κ3) is 4.42. The Balaban J connectivity index is 2.22. The van der Waals surface area contributed by atoms with Gasteiger partial charge in [-0.05, 0) is 6.07 Å². The number of amides is 3. The number of nitrogens with one attached hydrogen (secondary N) is 1. The lowest BCUT2D eigenvalue weighted by molar-refractivity contribution is -0.141. The zero-order valence-corrected chi connectivity index (χ0v) is 15.9. The van der Waals surface area contributed by atoms with Gasteiger partial charge in [-0.3, -0.25) is 9.59 Å². The van der Waals surface area contributed by atoms with Gasteiger partial charge in [-0.1, -0.05) is 12.1 Å². The highest BCUT2D eigenvalue weighted by Gasteiger charge is 2.42. The van der Waals surface area contributed by atoms with E-state index in [0.29, 0.717) is 17.1 Å². The molecule has 1 aliphatic heterocycles. The van der Waals surface area contributed by atoms with Crippen LogP contribution in [0.4, 0.5) is 4.79 Å². The summed E-state index contributed by atoms with van der Waals surface area (Å²) in [6.07, 6.45) is 0. The van der Waals surface area contributed by atoms with E-state index in [1.54, 1.807) is 32.3 Å². The number of hydrogen-bond donors (Lipinski definition) is 2. The van der Waals surface area contributed by atoms with Gasteiger partial charge < -0.3 is 29.7 Å². The zero-order valence-electron chi connectivity index (χ0n) is 15.9. The number of nitrogens with zero attached hydrogens (tertiary/aromatic N) is 2. The van der Waals surface area contributed by atoms with Crippen LogP contribution in [-0.2, 0) is 9.59 Å². The van der Waals surface area contributed by atoms with Crippen LogP contribution in [-0.4, -0.2) is 80.8 Å². The molecule has 0 spiro atoms. The molecule has 1 aromatic carbocycles. The fourth-order valence-electron chi connectivity index (χ4n) is 3.20. The van der Waals surface area contributed by atoms with Gasteiger partial charge in [0.15, 0.2) is 11.5 Å². The standard InChI is InChI=1S/C18H25N3O6/c1-20(2)18(25)19-8-15(22)21-9-12(13(10-21)17(23)24)11-6-5-7-14(26-3)16(11)27-4/h5-7,12-13H,8-10H2,1-4H3,(H,19,25)(H,23,24). The van der Waals surface area contributed by atoms with Crippen molar-refractivity contribution in [2.24, 2.45) is 5.92 Å². The minimum absolute atomic E-state index is 0.0665. The zero-order chi connectivity index (χ0) is 20.1. The molecule has 2 N–H and O–H groups in total. The highest BCUT2D eigenvalue weighted by molar-refractivity contribution is 5.85. The highest BCUT2D eigenvalue weighted by atomic mass is 16.5. The Labute approximate surface area is 157 Å². The molecule has 0 radical (unpaired) electrons. The average Bonchev–Trinajstić information content (AvgIpc) is 3.10. The fourth-order valence-corrected chi connectivity index (χ4v) is 3.20. The molecule has 1 aromatic rings. The number of methoxy groups -OCH3 is 2. The molecule has 2 unspecified atom stereocenters. The van der Waals surface area contributed by atoms with Gasteiger partial charge in [-0.15, -0.1) is 0 Å². The van der Waals surface area contributed by atoms with Gasteiger partial charge in [0.2, 0.25) is 5.91 Å². The third-order valence-electron chi connectivity index (χ3n) is 4.62. The Bertz CT molecular complexity index is 721. The summed E-state index contributed by atoms with van der Waals surface area (Å²) in [6.45, 7) is 0.0967. The summed E-state index contributed by atoms with van der Waals surface area (Å²) in [5, 5.41) is 12.1. The van der Waals surface area contributed by atoms with Crippen LogP contribution >= 0.6 is 0 Å². The second-order valence-electron chi connectivity index (χ2n) is 6.49. The van der Waals surface area contributed by atoms with Crippen molar-refractivity contribution >= 4 is 17.9 Å². The number of urea groups is 1. The van der Waals surface area contributed by atoms with E-state index in [1.165, 1.54) is 24.0 Å². The maximum absolute atomic E-state index is 12.4. The van der Waals surface area contributed by atoms with Crippen LogP contribution in [0.3, 0.4) is 0 Å². The molecule has 9 nitrogen and oxygen atoms in total. The molecular formula is C18H25N3O6. The Kier molecular flexibility index (Phi) is 6.49. The lowest BCUT2D eigenvalue weighted by atomic mass is 9.88. The summed E-state index contributed by atoms with van der Waals surface area (Å²) in [7, 11) is 6.14. The van der Waals surface area contributed by atoms with Gasteiger partial charge in [0.05, 0.1) is 26.7 Å². The van der Waals surface area contributed by atoms with E-state index >= 15 is 0 Å². The topological polar surface area (TPSA) is 108 Å². The summed E-state index contributed by atoms with van der Waals surface area (Å²) in [5.74, 6) is -1.58. The van der Waals surface area contributed by atoms with Crippen LogP contribution in [0.1, 0.15) is 11.5 Å². The molecule has 0 aliphatic carbocycles. The van der Waals surface area contributed by atoms with Gasteiger partial charge in [0.25, 0.3) is 0 Å². The van der Waals surface area contributed by atoms with Crippen molar-refractivity contribution < 1.29 is 29.0 Å². The summed E-state index contributed by atoms with van der Waals surface area (Å²) < 4.78 is 10.7. The van der Waals surface area contributed by atoms with E-state index in [-0.39, 0.29) is 31.6 Å². The van der Waals surface area contributed by atoms with E-state index in [0.717, 1.165) is 0 Å². The Morgan fingerprint density at radius 1 is 1.22 bits per heavy atom. The molecule has 3 amide bonds. The predicted molar refractivity (Wildman–Crippen MR) is 97.1 cm³/mol. The number of carbonyl (C=O) groups is 3. The van der Waals surface area contributed by atoms with Gasteiger partial charge >= 0.3 is 12.0 Å². The SMILES string of the molecule is COc1cccc(C2CN(C(=O)CNC(=O)N(C)C)CC2C(=O)O)c1OC. The minimum Gasteiger partial charge on any atom is -0.493 e. The van der Waals surface area contributed by atoms with Crippen LogP contribution in [0.2, 0.25) is 0 Å². The van der Waals surface area contributed by atoms with Crippen molar-refractivity contribution in [3.63, 3.8) is 0 Å². The number of benzene rings is 1. The molecule has 1 heterocycles. The molecule has 1 aliphatic rings. The summed E-state index contributed by atoms with van der Waals surface area (Å²) in [5.41, 5.74) is 0.678. The number of carboxylic acid groups (broad SMARTS) is 1. The second kappa shape index (κ2) is 8.61. The molecular weight excluding hydrogens is 354 g/mol. The molecule has 2 rings (SSSR count). The van der Waals surface area contributed by atoms with Gasteiger partial charge in [-0.2, -0.15) is 0 Å². The maximum Gasteiger partial charge on any atom is 0.317 e. The lowest BCUT2D eigenvalue weighted by Crippen LogP contribution is -2.42. The van der Waals surface area contributed by atoms with Crippen molar-refractivity contribution in [3.8, 4) is 11.5 Å². The monoisotopic (exact) mass is 379 g/mol. The molecule has 27 heavy (non-hydrogen) atoms. The van der Waals surface area contributed by atoms with Crippen LogP contribution < -0.4 is 14.8 Å². The number of ether oxygens (including phenoxy) is 2. The fraction of sp³-hybridized carbons (Fsp3) is 0.500. The summed E-state index contributed by atoms with van der Waals surface area (Å²) >= 11 is 0. The smallest absolute Gasteiger partial charge is 0.317 e. The van der Waals surface area contributed by atoms with E-state index in [9.17, 15) is 19.5 Å². The molecule has 2 atom stereocenters. The Morgan fingerprint density at radius 3 is 2.48 bits per heavy atom. The molecule has 0 bridgehead atoms. The summed E-state index contributed by atoms with van der Waals surface area (Å²) in [6, 6.07) is 4.89. The number of para-hydroxylation sites is 1. The normalized spacial score (nSPS) is 18.7. The third-order valence-corrected chi connectivity index (χ3v) is 4.62. The molecule has 9 heteroatoms. The Hall–Kier alpha value is -2.97. The number of carboxylic acids is 1. The van der Waals surface area contributed by atoms with Crippen molar-refractivity contribution in [3.05, 3.63) is 23.8 Å². The largest absolute Gasteiger partial charge is 0.493 e. The molecule has 1 fully saturated rings. The van der Waals surface area contributed by atoms with Crippen molar-refractivity contribution in [2.75, 3.05) is 47.9 Å². The number of aliphatic carboxylic acids is 1. The van der Waals surface area contributed by atoms with Crippen molar-refractivity contribution in [2.45, 2.75) is 5.92 Å². The van der Waals surface area contributed by atoms with Crippen molar-refractivity contribution in [1.82, 2.24) is 15.1 Å². The first kappa shape index (κ1) is 20.3. The first-order valence-corrected chi connectivity index (χ1v) is 8.46. The maximum atomic E-state index is 12.4. The Morgan fingerprint density at radius 2 is 1.93 bits per heavy atom. The number of likely N-dealkylation sites (tertiary alicyclic amines) is 1. The number of rotatable bonds is 6. The van der Waals surface area contributed by atoms with Crippen LogP contribution in [0.5, 0.6) is 11.5 Å². The van der Waals surface area contributed by atoms with Gasteiger partial charge in [-0.25, -0.2) is 4.79 Å². The molecule has 0 aromatic heterocycles.